The zero-order valence-corrected chi connectivity index (χ0v) is 9.10. The topological polar surface area (TPSA) is 66.6 Å². The Balaban J connectivity index is 2.29. The first kappa shape index (κ1) is 11.1. The van der Waals surface area contributed by atoms with Gasteiger partial charge < -0.3 is 15.7 Å². The van der Waals surface area contributed by atoms with Gasteiger partial charge in [0, 0.05) is 31.3 Å². The molecule has 2 rings (SSSR count). The molecule has 1 aromatic rings. The SMILES string of the molecule is NC1CC(=O)N(c2ccccc2CCO)C1. The Kier molecular flexibility index (Phi) is 3.22. The van der Waals surface area contributed by atoms with Crippen LogP contribution in [0.1, 0.15) is 12.0 Å². The minimum Gasteiger partial charge on any atom is -0.396 e. The molecule has 0 aliphatic carbocycles. The molecule has 0 spiro atoms. The Labute approximate surface area is 94.7 Å². The van der Waals surface area contributed by atoms with Gasteiger partial charge in [0.2, 0.25) is 5.91 Å². The Hall–Kier alpha value is -1.39. The van der Waals surface area contributed by atoms with Crippen molar-refractivity contribution in [2.75, 3.05) is 18.1 Å². The van der Waals surface area contributed by atoms with Crippen LogP contribution in [0.25, 0.3) is 0 Å². The molecule has 0 bridgehead atoms. The van der Waals surface area contributed by atoms with Crippen LogP contribution in [-0.2, 0) is 11.2 Å². The summed E-state index contributed by atoms with van der Waals surface area (Å²) in [5.41, 5.74) is 7.64. The maximum absolute atomic E-state index is 11.7. The summed E-state index contributed by atoms with van der Waals surface area (Å²) in [4.78, 5) is 13.4. The van der Waals surface area contributed by atoms with E-state index in [2.05, 4.69) is 0 Å². The van der Waals surface area contributed by atoms with Crippen LogP contribution >= 0.6 is 0 Å². The molecular formula is C12H16N2O2. The number of anilines is 1. The molecule has 4 heteroatoms. The van der Waals surface area contributed by atoms with Crippen molar-refractivity contribution in [1.29, 1.82) is 0 Å². The number of rotatable bonds is 3. The van der Waals surface area contributed by atoms with Crippen LogP contribution in [0.4, 0.5) is 5.69 Å². The van der Waals surface area contributed by atoms with Crippen LogP contribution in [0.5, 0.6) is 0 Å². The van der Waals surface area contributed by atoms with Gasteiger partial charge in [-0.25, -0.2) is 0 Å². The van der Waals surface area contributed by atoms with Crippen LogP contribution in [0.15, 0.2) is 24.3 Å². The Bertz CT molecular complexity index is 392. The Morgan fingerprint density at radius 2 is 2.19 bits per heavy atom. The summed E-state index contributed by atoms with van der Waals surface area (Å²) in [6.07, 6.45) is 0.975. The van der Waals surface area contributed by atoms with E-state index in [9.17, 15) is 4.79 Å². The summed E-state index contributed by atoms with van der Waals surface area (Å²) in [6, 6.07) is 7.57. The Morgan fingerprint density at radius 3 is 2.81 bits per heavy atom. The van der Waals surface area contributed by atoms with Crippen molar-refractivity contribution in [3.05, 3.63) is 29.8 Å². The molecule has 86 valence electrons. The number of aliphatic hydroxyl groups is 1. The highest BCUT2D eigenvalue weighted by Gasteiger charge is 2.28. The third kappa shape index (κ3) is 2.08. The fraction of sp³-hybridized carbons (Fsp3) is 0.417. The van der Waals surface area contributed by atoms with E-state index in [0.29, 0.717) is 19.4 Å². The van der Waals surface area contributed by atoms with Crippen molar-refractivity contribution in [2.45, 2.75) is 18.9 Å². The van der Waals surface area contributed by atoms with E-state index < -0.39 is 0 Å². The third-order valence-corrected chi connectivity index (χ3v) is 2.82. The molecule has 1 unspecified atom stereocenters. The summed E-state index contributed by atoms with van der Waals surface area (Å²) >= 11 is 0. The average Bonchev–Trinajstić information content (AvgIpc) is 2.59. The lowest BCUT2D eigenvalue weighted by Crippen LogP contribution is -2.28. The molecule has 1 aliphatic heterocycles. The highest BCUT2D eigenvalue weighted by atomic mass is 16.3. The molecule has 0 aromatic heterocycles. The van der Waals surface area contributed by atoms with Gasteiger partial charge in [-0.2, -0.15) is 0 Å². The van der Waals surface area contributed by atoms with Gasteiger partial charge in [-0.3, -0.25) is 4.79 Å². The second-order valence-corrected chi connectivity index (χ2v) is 4.07. The number of carbonyl (C=O) groups excluding carboxylic acids is 1. The smallest absolute Gasteiger partial charge is 0.228 e. The van der Waals surface area contributed by atoms with Crippen LogP contribution in [-0.4, -0.2) is 30.2 Å². The van der Waals surface area contributed by atoms with Gasteiger partial charge in [0.15, 0.2) is 0 Å². The fourth-order valence-electron chi connectivity index (χ4n) is 2.07. The Morgan fingerprint density at radius 1 is 1.44 bits per heavy atom. The maximum Gasteiger partial charge on any atom is 0.228 e. The second kappa shape index (κ2) is 4.63. The fourth-order valence-corrected chi connectivity index (χ4v) is 2.07. The number of benzene rings is 1. The number of carbonyl (C=O) groups is 1. The summed E-state index contributed by atoms with van der Waals surface area (Å²) in [5.74, 6) is 0.0675. The van der Waals surface area contributed by atoms with E-state index in [0.717, 1.165) is 11.3 Å². The number of hydrogen-bond acceptors (Lipinski definition) is 3. The standard InChI is InChI=1S/C12H16N2O2/c13-10-7-12(16)14(8-10)11-4-2-1-3-9(11)5-6-15/h1-4,10,15H,5-8,13H2. The first-order valence-corrected chi connectivity index (χ1v) is 5.47. The van der Waals surface area contributed by atoms with Crippen molar-refractivity contribution in [3.63, 3.8) is 0 Å². The predicted octanol–water partition coefficient (Wildman–Crippen LogP) is 0.285. The van der Waals surface area contributed by atoms with Crippen LogP contribution in [0.2, 0.25) is 0 Å². The maximum atomic E-state index is 11.7. The summed E-state index contributed by atoms with van der Waals surface area (Å²) in [6.45, 7) is 0.659. The van der Waals surface area contributed by atoms with Gasteiger partial charge in [0.05, 0.1) is 0 Å². The lowest BCUT2D eigenvalue weighted by atomic mass is 10.1. The molecule has 0 saturated carbocycles. The average molecular weight is 220 g/mol. The van der Waals surface area contributed by atoms with Crippen LogP contribution in [0.3, 0.4) is 0 Å². The van der Waals surface area contributed by atoms with E-state index in [1.54, 1.807) is 4.90 Å². The third-order valence-electron chi connectivity index (χ3n) is 2.82. The molecule has 1 saturated heterocycles. The minimum absolute atomic E-state index is 0.0675. The van der Waals surface area contributed by atoms with Crippen molar-refractivity contribution in [2.24, 2.45) is 5.73 Å². The van der Waals surface area contributed by atoms with Crippen molar-refractivity contribution in [3.8, 4) is 0 Å². The molecule has 4 nitrogen and oxygen atoms in total. The first-order valence-electron chi connectivity index (χ1n) is 5.47. The predicted molar refractivity (Wildman–Crippen MR) is 62.2 cm³/mol. The lowest BCUT2D eigenvalue weighted by molar-refractivity contribution is -0.117. The van der Waals surface area contributed by atoms with Gasteiger partial charge in [-0.15, -0.1) is 0 Å². The highest BCUT2D eigenvalue weighted by Crippen LogP contribution is 2.25. The van der Waals surface area contributed by atoms with Gasteiger partial charge in [-0.05, 0) is 18.1 Å². The summed E-state index contributed by atoms with van der Waals surface area (Å²) in [5, 5.41) is 8.98. The van der Waals surface area contributed by atoms with E-state index in [4.69, 9.17) is 10.8 Å². The molecule has 16 heavy (non-hydrogen) atoms. The van der Waals surface area contributed by atoms with E-state index >= 15 is 0 Å². The number of para-hydroxylation sites is 1. The van der Waals surface area contributed by atoms with E-state index in [1.165, 1.54) is 0 Å². The minimum atomic E-state index is -0.0744. The quantitative estimate of drug-likeness (QED) is 0.769. The van der Waals surface area contributed by atoms with Gasteiger partial charge in [0.25, 0.3) is 0 Å². The molecule has 3 N–H and O–H groups in total. The monoisotopic (exact) mass is 220 g/mol. The van der Waals surface area contributed by atoms with E-state index in [-0.39, 0.29) is 18.6 Å². The van der Waals surface area contributed by atoms with Crippen LogP contribution in [0, 0.1) is 0 Å². The van der Waals surface area contributed by atoms with Gasteiger partial charge in [0.1, 0.15) is 0 Å². The molecular weight excluding hydrogens is 204 g/mol. The zero-order chi connectivity index (χ0) is 11.5. The largest absolute Gasteiger partial charge is 0.396 e. The van der Waals surface area contributed by atoms with Gasteiger partial charge in [-0.1, -0.05) is 18.2 Å². The molecule has 1 fully saturated rings. The molecule has 1 heterocycles. The number of hydrogen-bond donors (Lipinski definition) is 2. The number of nitrogens with two attached hydrogens (primary N) is 1. The zero-order valence-electron chi connectivity index (χ0n) is 9.10. The molecule has 1 amide bonds. The van der Waals surface area contributed by atoms with Crippen LogP contribution < -0.4 is 10.6 Å². The number of amides is 1. The van der Waals surface area contributed by atoms with Crippen molar-refractivity contribution < 1.29 is 9.90 Å². The normalized spacial score (nSPS) is 20.5. The second-order valence-electron chi connectivity index (χ2n) is 4.07. The van der Waals surface area contributed by atoms with Crippen molar-refractivity contribution in [1.82, 2.24) is 0 Å². The highest BCUT2D eigenvalue weighted by molar-refractivity contribution is 5.96. The lowest BCUT2D eigenvalue weighted by Gasteiger charge is -2.19. The summed E-state index contributed by atoms with van der Waals surface area (Å²) in [7, 11) is 0. The molecule has 0 radical (unpaired) electrons. The molecule has 1 aliphatic rings. The van der Waals surface area contributed by atoms with Crippen molar-refractivity contribution >= 4 is 11.6 Å². The molecule has 1 atom stereocenters. The summed E-state index contributed by atoms with van der Waals surface area (Å²) < 4.78 is 0. The number of nitrogens with zero attached hydrogens (tertiary/aromatic N) is 1. The first-order chi connectivity index (χ1) is 7.72. The number of aliphatic hydroxyl groups excluding tert-OH is 1. The van der Waals surface area contributed by atoms with E-state index in [1.807, 2.05) is 24.3 Å². The molecule has 1 aromatic carbocycles. The van der Waals surface area contributed by atoms with Gasteiger partial charge >= 0.3 is 0 Å².